The van der Waals surface area contributed by atoms with Crippen molar-refractivity contribution in [2.24, 2.45) is 0 Å². The molecular weight excluding hydrogens is 348 g/mol. The summed E-state index contributed by atoms with van der Waals surface area (Å²) >= 11 is 0. The molecule has 2 aromatic rings. The molecule has 0 fully saturated rings. The fraction of sp³-hybridized carbons (Fsp3) is 0.200. The molecule has 27 heavy (non-hydrogen) atoms. The minimum absolute atomic E-state index is 0.112. The van der Waals surface area contributed by atoms with Crippen molar-refractivity contribution in [2.45, 2.75) is 19.4 Å². The summed E-state index contributed by atoms with van der Waals surface area (Å²) in [5, 5.41) is 11.0. The van der Waals surface area contributed by atoms with E-state index in [1.807, 2.05) is 24.3 Å². The summed E-state index contributed by atoms with van der Waals surface area (Å²) in [7, 11) is 0. The van der Waals surface area contributed by atoms with Crippen molar-refractivity contribution >= 4 is 29.3 Å². The molecule has 1 amide bonds. The van der Waals surface area contributed by atoms with Crippen LogP contribution in [0.3, 0.4) is 0 Å². The highest BCUT2D eigenvalue weighted by Gasteiger charge is 2.29. The van der Waals surface area contributed by atoms with Crippen molar-refractivity contribution in [1.82, 2.24) is 0 Å². The topological polar surface area (TPSA) is 89.7 Å². The number of hydrogen-bond donors (Lipinski definition) is 0. The van der Waals surface area contributed by atoms with Gasteiger partial charge in [-0.25, -0.2) is 4.79 Å². The van der Waals surface area contributed by atoms with Gasteiger partial charge in [0.2, 0.25) is 0 Å². The maximum atomic E-state index is 12.6. The van der Waals surface area contributed by atoms with E-state index in [9.17, 15) is 19.7 Å². The van der Waals surface area contributed by atoms with Crippen molar-refractivity contribution < 1.29 is 19.2 Å². The average Bonchev–Trinajstić information content (AvgIpc) is 3.10. The van der Waals surface area contributed by atoms with Crippen LogP contribution in [0.15, 0.2) is 54.6 Å². The van der Waals surface area contributed by atoms with E-state index in [1.165, 1.54) is 25.1 Å². The van der Waals surface area contributed by atoms with E-state index in [-0.39, 0.29) is 17.2 Å². The van der Waals surface area contributed by atoms with Crippen LogP contribution in [0.2, 0.25) is 0 Å². The first-order chi connectivity index (χ1) is 13.0. The number of carbonyl (C=O) groups excluding carboxylic acids is 2. The molecule has 0 aliphatic carbocycles. The van der Waals surface area contributed by atoms with Crippen LogP contribution >= 0.6 is 0 Å². The molecule has 1 heterocycles. The van der Waals surface area contributed by atoms with Crippen LogP contribution in [0, 0.1) is 10.1 Å². The third kappa shape index (κ3) is 4.03. The van der Waals surface area contributed by atoms with E-state index in [0.29, 0.717) is 6.54 Å². The molecule has 0 unspecified atom stereocenters. The number of benzene rings is 2. The fourth-order valence-electron chi connectivity index (χ4n) is 3.00. The number of rotatable bonds is 5. The lowest BCUT2D eigenvalue weighted by atomic mass is 10.1. The van der Waals surface area contributed by atoms with E-state index < -0.39 is 17.0 Å². The van der Waals surface area contributed by atoms with Gasteiger partial charge in [-0.2, -0.15) is 0 Å². The molecule has 138 valence electrons. The van der Waals surface area contributed by atoms with Gasteiger partial charge < -0.3 is 9.64 Å². The molecular formula is C20H18N2O5. The highest BCUT2D eigenvalue weighted by molar-refractivity contribution is 6.00. The average molecular weight is 366 g/mol. The number of hydrogen-bond acceptors (Lipinski definition) is 5. The SMILES string of the molecule is C[C@H](OC(=O)/C=C/c1ccccc1[N+](=O)[O-])C(=O)N1CCc2ccccc21. The molecule has 0 spiro atoms. The largest absolute Gasteiger partial charge is 0.449 e. The Morgan fingerprint density at radius 3 is 2.67 bits per heavy atom. The van der Waals surface area contributed by atoms with Crippen LogP contribution in [-0.4, -0.2) is 29.4 Å². The Morgan fingerprint density at radius 1 is 1.19 bits per heavy atom. The Morgan fingerprint density at radius 2 is 1.89 bits per heavy atom. The molecule has 0 bridgehead atoms. The second kappa shape index (κ2) is 7.82. The number of carbonyl (C=O) groups is 2. The number of nitrogens with zero attached hydrogens (tertiary/aromatic N) is 2. The summed E-state index contributed by atoms with van der Waals surface area (Å²) in [5.74, 6) is -1.03. The predicted octanol–water partition coefficient (Wildman–Crippen LogP) is 3.13. The normalized spacial score (nSPS) is 14.0. The standard InChI is InChI=1S/C20H18N2O5/c1-14(20(24)21-13-12-16-7-2-4-8-17(16)21)27-19(23)11-10-15-6-3-5-9-18(15)22(25)26/h2-11,14H,12-13H2,1H3/b11-10+/t14-/m0/s1. The van der Waals surface area contributed by atoms with Gasteiger partial charge in [-0.3, -0.25) is 14.9 Å². The van der Waals surface area contributed by atoms with Crippen LogP contribution in [0.1, 0.15) is 18.1 Å². The smallest absolute Gasteiger partial charge is 0.331 e. The zero-order valence-electron chi connectivity index (χ0n) is 14.7. The third-order valence-corrected chi connectivity index (χ3v) is 4.33. The Balaban J connectivity index is 1.65. The van der Waals surface area contributed by atoms with Gasteiger partial charge in [-0.1, -0.05) is 30.3 Å². The lowest BCUT2D eigenvalue weighted by Crippen LogP contribution is -2.38. The first-order valence-corrected chi connectivity index (χ1v) is 8.49. The van der Waals surface area contributed by atoms with E-state index in [4.69, 9.17) is 4.74 Å². The van der Waals surface area contributed by atoms with E-state index in [1.54, 1.807) is 17.0 Å². The second-order valence-corrected chi connectivity index (χ2v) is 6.10. The number of nitro benzene ring substituents is 1. The molecule has 0 aromatic heterocycles. The van der Waals surface area contributed by atoms with Crippen LogP contribution in [-0.2, 0) is 20.7 Å². The van der Waals surface area contributed by atoms with Crippen LogP contribution in [0.5, 0.6) is 0 Å². The third-order valence-electron chi connectivity index (χ3n) is 4.33. The van der Waals surface area contributed by atoms with Gasteiger partial charge in [0.15, 0.2) is 6.10 Å². The van der Waals surface area contributed by atoms with Crippen molar-refractivity contribution in [3.05, 3.63) is 75.8 Å². The van der Waals surface area contributed by atoms with E-state index in [0.717, 1.165) is 23.7 Å². The van der Waals surface area contributed by atoms with Gasteiger partial charge in [-0.15, -0.1) is 0 Å². The lowest BCUT2D eigenvalue weighted by molar-refractivity contribution is -0.385. The molecule has 0 radical (unpaired) electrons. The monoisotopic (exact) mass is 366 g/mol. The van der Waals surface area contributed by atoms with Crippen LogP contribution in [0.4, 0.5) is 11.4 Å². The molecule has 7 nitrogen and oxygen atoms in total. The molecule has 0 N–H and O–H groups in total. The number of amides is 1. The maximum absolute atomic E-state index is 12.6. The van der Waals surface area contributed by atoms with Gasteiger partial charge in [-0.05, 0) is 37.1 Å². The Labute approximate surface area is 156 Å². The summed E-state index contributed by atoms with van der Waals surface area (Å²) in [4.78, 5) is 36.7. The number of nitro groups is 1. The second-order valence-electron chi connectivity index (χ2n) is 6.10. The quantitative estimate of drug-likeness (QED) is 0.351. The molecule has 2 aromatic carbocycles. The van der Waals surface area contributed by atoms with Crippen molar-refractivity contribution in [1.29, 1.82) is 0 Å². The minimum Gasteiger partial charge on any atom is -0.449 e. The number of fused-ring (bicyclic) bond motifs is 1. The fourth-order valence-corrected chi connectivity index (χ4v) is 3.00. The molecule has 0 saturated heterocycles. The lowest BCUT2D eigenvalue weighted by Gasteiger charge is -2.21. The van der Waals surface area contributed by atoms with Gasteiger partial charge in [0.25, 0.3) is 11.6 Å². The molecule has 0 saturated carbocycles. The minimum atomic E-state index is -0.959. The van der Waals surface area contributed by atoms with Crippen molar-refractivity contribution in [3.8, 4) is 0 Å². The Bertz CT molecular complexity index is 922. The maximum Gasteiger partial charge on any atom is 0.331 e. The van der Waals surface area contributed by atoms with E-state index >= 15 is 0 Å². The summed E-state index contributed by atoms with van der Waals surface area (Å²) in [5.41, 5.74) is 2.09. The van der Waals surface area contributed by atoms with Gasteiger partial charge >= 0.3 is 5.97 Å². The van der Waals surface area contributed by atoms with Crippen molar-refractivity contribution in [2.75, 3.05) is 11.4 Å². The molecule has 1 atom stereocenters. The Hall–Kier alpha value is -3.48. The zero-order valence-corrected chi connectivity index (χ0v) is 14.7. The van der Waals surface area contributed by atoms with Gasteiger partial charge in [0.1, 0.15) is 0 Å². The number of esters is 1. The van der Waals surface area contributed by atoms with Crippen LogP contribution in [0.25, 0.3) is 6.08 Å². The highest BCUT2D eigenvalue weighted by Crippen LogP contribution is 2.28. The zero-order chi connectivity index (χ0) is 19.4. The summed E-state index contributed by atoms with van der Waals surface area (Å²) < 4.78 is 5.17. The van der Waals surface area contributed by atoms with Gasteiger partial charge in [0, 0.05) is 24.4 Å². The number of anilines is 1. The van der Waals surface area contributed by atoms with Gasteiger partial charge in [0.05, 0.1) is 10.5 Å². The number of para-hydroxylation sites is 2. The highest BCUT2D eigenvalue weighted by atomic mass is 16.6. The molecule has 1 aliphatic heterocycles. The molecule has 7 heteroatoms. The van der Waals surface area contributed by atoms with Crippen LogP contribution < -0.4 is 4.90 Å². The number of ether oxygens (including phenoxy) is 1. The molecule has 3 rings (SSSR count). The van der Waals surface area contributed by atoms with Crippen molar-refractivity contribution in [3.63, 3.8) is 0 Å². The first-order valence-electron chi connectivity index (χ1n) is 8.49. The van der Waals surface area contributed by atoms with E-state index in [2.05, 4.69) is 0 Å². The summed E-state index contributed by atoms with van der Waals surface area (Å²) in [6.07, 6.45) is 2.20. The summed E-state index contributed by atoms with van der Waals surface area (Å²) in [6, 6.07) is 13.7. The Kier molecular flexibility index (Phi) is 5.30. The first kappa shape index (κ1) is 18.3. The molecule has 1 aliphatic rings. The predicted molar refractivity (Wildman–Crippen MR) is 100 cm³/mol. The summed E-state index contributed by atoms with van der Waals surface area (Å²) in [6.45, 7) is 2.06.